The zero-order chi connectivity index (χ0) is 11.4. The minimum Gasteiger partial charge on any atom is -0.383 e. The monoisotopic (exact) mass is 201 g/mol. The first-order chi connectivity index (χ1) is 6.28. The molecule has 0 rings (SSSR count). The van der Waals surface area contributed by atoms with Crippen molar-refractivity contribution >= 4 is 5.91 Å². The Morgan fingerprint density at radius 3 is 2.29 bits per heavy atom. The van der Waals surface area contributed by atoms with E-state index in [1.165, 1.54) is 0 Å². The molecule has 1 amide bonds. The molecule has 14 heavy (non-hydrogen) atoms. The number of aliphatic hydroxyl groups excluding tert-OH is 1. The summed E-state index contributed by atoms with van der Waals surface area (Å²) in [6.07, 6.45) is 0.500. The minimum atomic E-state index is -0.874. The van der Waals surface area contributed by atoms with Crippen LogP contribution in [0.15, 0.2) is 0 Å². The Labute approximate surface area is 86.9 Å². The maximum Gasteiger partial charge on any atom is 0.249 e. The highest BCUT2D eigenvalue weighted by Crippen LogP contribution is 2.10. The lowest BCUT2D eigenvalue weighted by Crippen LogP contribution is -2.47. The Bertz CT molecular complexity index is 188. The van der Waals surface area contributed by atoms with Gasteiger partial charge >= 0.3 is 0 Å². The van der Waals surface area contributed by atoms with Crippen LogP contribution in [0.2, 0.25) is 0 Å². The molecule has 0 bridgehead atoms. The Kier molecular flexibility index (Phi) is 5.13. The number of hydrogen-bond acceptors (Lipinski definition) is 2. The molecule has 1 unspecified atom stereocenters. The Hall–Kier alpha value is -0.570. The van der Waals surface area contributed by atoms with Crippen LogP contribution in [0, 0.1) is 5.92 Å². The molecule has 0 saturated heterocycles. The third kappa shape index (κ3) is 5.22. The van der Waals surface area contributed by atoms with Gasteiger partial charge in [-0.05, 0) is 32.6 Å². The summed E-state index contributed by atoms with van der Waals surface area (Å²) in [5.41, 5.74) is -0.227. The number of amides is 1. The van der Waals surface area contributed by atoms with Crippen LogP contribution in [0.5, 0.6) is 0 Å². The first-order valence-corrected chi connectivity index (χ1v) is 5.28. The van der Waals surface area contributed by atoms with E-state index in [0.717, 1.165) is 6.42 Å². The van der Waals surface area contributed by atoms with Crippen molar-refractivity contribution in [2.24, 2.45) is 5.92 Å². The summed E-state index contributed by atoms with van der Waals surface area (Å²) >= 11 is 0. The van der Waals surface area contributed by atoms with Crippen molar-refractivity contribution in [1.29, 1.82) is 0 Å². The van der Waals surface area contributed by atoms with Crippen molar-refractivity contribution < 1.29 is 9.90 Å². The first-order valence-electron chi connectivity index (χ1n) is 5.28. The molecule has 2 N–H and O–H groups in total. The fourth-order valence-corrected chi connectivity index (χ4v) is 1.06. The minimum absolute atomic E-state index is 0.227. The molecule has 3 heteroatoms. The van der Waals surface area contributed by atoms with E-state index >= 15 is 0 Å². The number of nitrogens with one attached hydrogen (secondary N) is 1. The number of aliphatic hydroxyl groups is 1. The molecule has 0 aliphatic heterocycles. The zero-order valence-corrected chi connectivity index (χ0v) is 9.92. The van der Waals surface area contributed by atoms with Crippen LogP contribution < -0.4 is 5.32 Å². The molecular weight excluding hydrogens is 178 g/mol. The molecule has 0 saturated carbocycles. The van der Waals surface area contributed by atoms with Crippen LogP contribution in [0.1, 0.15) is 47.5 Å². The molecule has 0 aromatic heterocycles. The predicted molar refractivity (Wildman–Crippen MR) is 58.0 cm³/mol. The molecule has 0 aliphatic rings. The van der Waals surface area contributed by atoms with Crippen molar-refractivity contribution in [3.63, 3.8) is 0 Å². The second-order valence-corrected chi connectivity index (χ2v) is 4.87. The van der Waals surface area contributed by atoms with Gasteiger partial charge in [-0.15, -0.1) is 0 Å². The van der Waals surface area contributed by atoms with E-state index in [1.807, 2.05) is 34.6 Å². The Morgan fingerprint density at radius 1 is 1.43 bits per heavy atom. The molecule has 0 aromatic carbocycles. The van der Waals surface area contributed by atoms with Crippen molar-refractivity contribution in [1.82, 2.24) is 5.32 Å². The molecule has 0 fully saturated rings. The molecule has 0 radical (unpaired) electrons. The van der Waals surface area contributed by atoms with Gasteiger partial charge in [-0.3, -0.25) is 4.79 Å². The topological polar surface area (TPSA) is 49.3 Å². The second kappa shape index (κ2) is 5.35. The summed E-state index contributed by atoms with van der Waals surface area (Å²) in [7, 11) is 0. The van der Waals surface area contributed by atoms with Crippen molar-refractivity contribution in [2.75, 3.05) is 0 Å². The maximum atomic E-state index is 11.5. The van der Waals surface area contributed by atoms with Gasteiger partial charge in [-0.25, -0.2) is 0 Å². The van der Waals surface area contributed by atoms with Gasteiger partial charge in [0.05, 0.1) is 0 Å². The van der Waals surface area contributed by atoms with Crippen LogP contribution in [-0.2, 0) is 4.79 Å². The number of rotatable bonds is 5. The van der Waals surface area contributed by atoms with E-state index < -0.39 is 6.10 Å². The molecule has 1 atom stereocenters. The SMILES string of the molecule is CCC(C)(C)NC(=O)C(O)CC(C)C. The maximum absolute atomic E-state index is 11.5. The summed E-state index contributed by atoms with van der Waals surface area (Å²) in [6, 6.07) is 0. The molecule has 84 valence electrons. The van der Waals surface area contributed by atoms with E-state index in [4.69, 9.17) is 0 Å². The van der Waals surface area contributed by atoms with Crippen molar-refractivity contribution in [2.45, 2.75) is 59.1 Å². The predicted octanol–water partition coefficient (Wildman–Crippen LogP) is 1.70. The molecule has 3 nitrogen and oxygen atoms in total. The normalized spacial score (nSPS) is 14.2. The quantitative estimate of drug-likeness (QED) is 0.711. The highest BCUT2D eigenvalue weighted by Gasteiger charge is 2.23. The smallest absolute Gasteiger partial charge is 0.249 e. The molecule has 0 heterocycles. The highest BCUT2D eigenvalue weighted by atomic mass is 16.3. The van der Waals surface area contributed by atoms with Crippen LogP contribution in [0.25, 0.3) is 0 Å². The number of carbonyl (C=O) groups is 1. The van der Waals surface area contributed by atoms with Gasteiger partial charge in [-0.1, -0.05) is 20.8 Å². The molecular formula is C11H23NO2. The summed E-state index contributed by atoms with van der Waals surface area (Å²) in [5.74, 6) is 0.0750. The van der Waals surface area contributed by atoms with Crippen molar-refractivity contribution in [3.05, 3.63) is 0 Å². The largest absolute Gasteiger partial charge is 0.383 e. The fraction of sp³-hybridized carbons (Fsp3) is 0.909. The van der Waals surface area contributed by atoms with Crippen LogP contribution in [0.3, 0.4) is 0 Å². The Morgan fingerprint density at radius 2 is 1.93 bits per heavy atom. The standard InChI is InChI=1S/C11H23NO2/c1-6-11(4,5)12-10(14)9(13)7-8(2)3/h8-9,13H,6-7H2,1-5H3,(H,12,14). The van der Waals surface area contributed by atoms with Gasteiger partial charge in [0.15, 0.2) is 0 Å². The highest BCUT2D eigenvalue weighted by molar-refractivity contribution is 5.81. The second-order valence-electron chi connectivity index (χ2n) is 4.87. The van der Waals surface area contributed by atoms with Gasteiger partial charge in [-0.2, -0.15) is 0 Å². The number of carbonyl (C=O) groups excluding carboxylic acids is 1. The van der Waals surface area contributed by atoms with Gasteiger partial charge < -0.3 is 10.4 Å². The van der Waals surface area contributed by atoms with E-state index in [0.29, 0.717) is 12.3 Å². The molecule has 0 spiro atoms. The Balaban J connectivity index is 4.08. The molecule has 0 aromatic rings. The van der Waals surface area contributed by atoms with Crippen LogP contribution >= 0.6 is 0 Å². The van der Waals surface area contributed by atoms with Gasteiger partial charge in [0, 0.05) is 5.54 Å². The lowest BCUT2D eigenvalue weighted by molar-refractivity contribution is -0.131. The van der Waals surface area contributed by atoms with E-state index in [-0.39, 0.29) is 11.4 Å². The van der Waals surface area contributed by atoms with Gasteiger partial charge in [0.25, 0.3) is 0 Å². The van der Waals surface area contributed by atoms with E-state index in [9.17, 15) is 9.90 Å². The van der Waals surface area contributed by atoms with E-state index in [1.54, 1.807) is 0 Å². The average Bonchev–Trinajstić information content (AvgIpc) is 2.02. The summed E-state index contributed by atoms with van der Waals surface area (Å²) in [4.78, 5) is 11.5. The number of hydrogen-bond donors (Lipinski definition) is 2. The van der Waals surface area contributed by atoms with Gasteiger partial charge in [0.2, 0.25) is 5.91 Å². The van der Waals surface area contributed by atoms with Crippen LogP contribution in [0.4, 0.5) is 0 Å². The van der Waals surface area contributed by atoms with Gasteiger partial charge in [0.1, 0.15) is 6.10 Å². The third-order valence-electron chi connectivity index (χ3n) is 2.34. The summed E-state index contributed by atoms with van der Waals surface area (Å²) < 4.78 is 0. The average molecular weight is 201 g/mol. The summed E-state index contributed by atoms with van der Waals surface area (Å²) in [5, 5.41) is 12.4. The lowest BCUT2D eigenvalue weighted by atomic mass is 10.00. The fourth-order valence-electron chi connectivity index (χ4n) is 1.06. The van der Waals surface area contributed by atoms with Crippen molar-refractivity contribution in [3.8, 4) is 0 Å². The van der Waals surface area contributed by atoms with E-state index in [2.05, 4.69) is 5.32 Å². The third-order valence-corrected chi connectivity index (χ3v) is 2.34. The molecule has 0 aliphatic carbocycles. The zero-order valence-electron chi connectivity index (χ0n) is 9.92. The lowest BCUT2D eigenvalue weighted by Gasteiger charge is -2.26. The van der Waals surface area contributed by atoms with Crippen LogP contribution in [-0.4, -0.2) is 22.7 Å². The first kappa shape index (κ1) is 13.4. The summed E-state index contributed by atoms with van der Waals surface area (Å²) in [6.45, 7) is 9.89.